The molecule has 0 saturated carbocycles. The molecular formula is C28H33N3O7. The lowest BCUT2D eigenvalue weighted by Crippen LogP contribution is -2.54. The highest BCUT2D eigenvalue weighted by atomic mass is 16.7. The third-order valence-corrected chi connectivity index (χ3v) is 6.86. The summed E-state index contributed by atoms with van der Waals surface area (Å²) in [6.45, 7) is 5.56. The standard InChI is InChI=1S/C28H33N3O7/c1-16-12-20(13-17(2)24(16)33)25(34)29-18(3)27(36)31-11-7-10-22(31)26(35)30-21-14-23(32)38-28(21)37-15-19-8-5-4-6-9-19/h4-6,8-9,12-13,18,21-22,28,33H,7,10-11,14-15H2,1-3H3,(H,29,34)(H,30,35). The number of nitrogens with one attached hydrogen (secondary N) is 2. The number of benzene rings is 2. The minimum Gasteiger partial charge on any atom is -0.507 e. The fourth-order valence-electron chi connectivity index (χ4n) is 4.82. The summed E-state index contributed by atoms with van der Waals surface area (Å²) in [7, 11) is 0. The van der Waals surface area contributed by atoms with Crippen molar-refractivity contribution in [3.63, 3.8) is 0 Å². The Labute approximate surface area is 221 Å². The molecule has 0 bridgehead atoms. The zero-order valence-electron chi connectivity index (χ0n) is 21.7. The molecule has 202 valence electrons. The smallest absolute Gasteiger partial charge is 0.310 e. The van der Waals surface area contributed by atoms with E-state index in [2.05, 4.69) is 10.6 Å². The Morgan fingerprint density at radius 2 is 1.84 bits per heavy atom. The third kappa shape index (κ3) is 6.13. The van der Waals surface area contributed by atoms with E-state index in [1.807, 2.05) is 30.3 Å². The Morgan fingerprint density at radius 1 is 1.16 bits per heavy atom. The van der Waals surface area contributed by atoms with Crippen molar-refractivity contribution in [2.45, 2.75) is 71.1 Å². The number of carbonyl (C=O) groups is 4. The molecule has 2 aliphatic heterocycles. The number of ether oxygens (including phenoxy) is 2. The van der Waals surface area contributed by atoms with Crippen molar-refractivity contribution in [3.05, 3.63) is 64.7 Å². The molecule has 2 fully saturated rings. The molecule has 2 saturated heterocycles. The van der Waals surface area contributed by atoms with E-state index < -0.39 is 42.2 Å². The van der Waals surface area contributed by atoms with Gasteiger partial charge in [0, 0.05) is 12.1 Å². The van der Waals surface area contributed by atoms with Gasteiger partial charge in [-0.25, -0.2) is 0 Å². The number of rotatable bonds is 8. The number of esters is 1. The molecule has 2 aromatic carbocycles. The van der Waals surface area contributed by atoms with Crippen molar-refractivity contribution in [3.8, 4) is 5.75 Å². The van der Waals surface area contributed by atoms with Gasteiger partial charge in [-0.3, -0.25) is 19.2 Å². The molecule has 4 unspecified atom stereocenters. The molecule has 4 rings (SSSR count). The number of aryl methyl sites for hydroxylation is 2. The number of likely N-dealkylation sites (tertiary alicyclic amines) is 1. The van der Waals surface area contributed by atoms with E-state index in [1.54, 1.807) is 32.9 Å². The lowest BCUT2D eigenvalue weighted by atomic mass is 10.0. The van der Waals surface area contributed by atoms with Crippen molar-refractivity contribution >= 4 is 23.7 Å². The molecule has 2 aliphatic rings. The Bertz CT molecular complexity index is 1190. The Hall–Kier alpha value is -3.92. The molecule has 0 aromatic heterocycles. The van der Waals surface area contributed by atoms with E-state index in [-0.39, 0.29) is 24.7 Å². The predicted octanol–water partition coefficient (Wildman–Crippen LogP) is 2.09. The highest BCUT2D eigenvalue weighted by molar-refractivity contribution is 5.99. The highest BCUT2D eigenvalue weighted by Crippen LogP contribution is 2.24. The van der Waals surface area contributed by atoms with Gasteiger partial charge in [-0.2, -0.15) is 0 Å². The van der Waals surface area contributed by atoms with Gasteiger partial charge in [-0.05, 0) is 62.4 Å². The van der Waals surface area contributed by atoms with Crippen LogP contribution >= 0.6 is 0 Å². The van der Waals surface area contributed by atoms with E-state index in [1.165, 1.54) is 4.90 Å². The number of aromatic hydroxyl groups is 1. The van der Waals surface area contributed by atoms with Crippen LogP contribution in [0.3, 0.4) is 0 Å². The minimum absolute atomic E-state index is 0.0240. The molecular weight excluding hydrogens is 490 g/mol. The molecule has 0 spiro atoms. The summed E-state index contributed by atoms with van der Waals surface area (Å²) < 4.78 is 11.0. The summed E-state index contributed by atoms with van der Waals surface area (Å²) in [5.41, 5.74) is 2.36. The van der Waals surface area contributed by atoms with Gasteiger partial charge in [0.05, 0.1) is 13.0 Å². The zero-order valence-corrected chi connectivity index (χ0v) is 21.7. The molecule has 10 nitrogen and oxygen atoms in total. The quantitative estimate of drug-likeness (QED) is 0.451. The number of nitrogens with zero attached hydrogens (tertiary/aromatic N) is 1. The number of hydrogen-bond acceptors (Lipinski definition) is 7. The summed E-state index contributed by atoms with van der Waals surface area (Å²) in [6, 6.07) is 10.2. The van der Waals surface area contributed by atoms with Gasteiger partial charge in [0.15, 0.2) is 0 Å². The van der Waals surface area contributed by atoms with E-state index in [9.17, 15) is 24.3 Å². The predicted molar refractivity (Wildman–Crippen MR) is 137 cm³/mol. The van der Waals surface area contributed by atoms with Gasteiger partial charge in [0.2, 0.25) is 18.1 Å². The minimum atomic E-state index is -0.923. The van der Waals surface area contributed by atoms with Crippen molar-refractivity contribution in [1.82, 2.24) is 15.5 Å². The van der Waals surface area contributed by atoms with Crippen molar-refractivity contribution in [2.75, 3.05) is 6.54 Å². The second kappa shape index (κ2) is 11.6. The van der Waals surface area contributed by atoms with Crippen LogP contribution in [-0.4, -0.2) is 64.7 Å². The van der Waals surface area contributed by atoms with E-state index >= 15 is 0 Å². The number of phenolic OH excluding ortho intramolecular Hbond substituents is 1. The molecule has 3 N–H and O–H groups in total. The lowest BCUT2D eigenvalue weighted by Gasteiger charge is -2.28. The van der Waals surface area contributed by atoms with Gasteiger partial charge in [-0.1, -0.05) is 30.3 Å². The summed E-state index contributed by atoms with van der Waals surface area (Å²) in [5.74, 6) is -1.56. The average molecular weight is 524 g/mol. The maximum Gasteiger partial charge on any atom is 0.310 e. The van der Waals surface area contributed by atoms with Crippen LogP contribution in [0.4, 0.5) is 0 Å². The molecule has 2 heterocycles. The Kier molecular flexibility index (Phi) is 8.31. The molecule has 10 heteroatoms. The molecule has 4 atom stereocenters. The summed E-state index contributed by atoms with van der Waals surface area (Å²) >= 11 is 0. The topological polar surface area (TPSA) is 134 Å². The first-order valence-electron chi connectivity index (χ1n) is 12.7. The summed E-state index contributed by atoms with van der Waals surface area (Å²) in [4.78, 5) is 52.6. The van der Waals surface area contributed by atoms with E-state index in [4.69, 9.17) is 9.47 Å². The largest absolute Gasteiger partial charge is 0.507 e. The number of carbonyl (C=O) groups excluding carboxylic acids is 4. The van der Waals surface area contributed by atoms with Gasteiger partial charge in [-0.15, -0.1) is 0 Å². The van der Waals surface area contributed by atoms with Gasteiger partial charge in [0.25, 0.3) is 5.91 Å². The molecule has 0 aliphatic carbocycles. The Balaban J connectivity index is 1.35. The first kappa shape index (κ1) is 27.1. The van der Waals surface area contributed by atoms with Crippen molar-refractivity contribution < 1.29 is 33.8 Å². The fraction of sp³-hybridized carbons (Fsp3) is 0.429. The first-order valence-corrected chi connectivity index (χ1v) is 12.7. The number of phenols is 1. The monoisotopic (exact) mass is 523 g/mol. The number of amides is 3. The van der Waals surface area contributed by atoms with Gasteiger partial charge < -0.3 is 30.1 Å². The third-order valence-electron chi connectivity index (χ3n) is 6.86. The maximum absolute atomic E-state index is 13.2. The van der Waals surface area contributed by atoms with Crippen LogP contribution < -0.4 is 10.6 Å². The second-order valence-corrected chi connectivity index (χ2v) is 9.82. The summed E-state index contributed by atoms with van der Waals surface area (Å²) in [5, 5.41) is 15.5. The van der Waals surface area contributed by atoms with Crippen LogP contribution in [0.15, 0.2) is 42.5 Å². The molecule has 0 radical (unpaired) electrons. The lowest BCUT2D eigenvalue weighted by molar-refractivity contribution is -0.168. The fourth-order valence-corrected chi connectivity index (χ4v) is 4.82. The molecule has 2 aromatic rings. The van der Waals surface area contributed by atoms with Gasteiger partial charge >= 0.3 is 5.97 Å². The second-order valence-electron chi connectivity index (χ2n) is 9.82. The molecule has 38 heavy (non-hydrogen) atoms. The molecule has 3 amide bonds. The zero-order chi connectivity index (χ0) is 27.4. The normalized spacial score (nSPS) is 21.6. The first-order chi connectivity index (χ1) is 18.1. The van der Waals surface area contributed by atoms with Crippen LogP contribution in [0.25, 0.3) is 0 Å². The van der Waals surface area contributed by atoms with Gasteiger partial charge in [0.1, 0.15) is 23.9 Å². The number of cyclic esters (lactones) is 1. The maximum atomic E-state index is 13.2. The SMILES string of the molecule is Cc1cc(C(=O)NC(C)C(=O)N2CCCC2C(=O)NC2CC(=O)OC2OCc2ccccc2)cc(C)c1O. The van der Waals surface area contributed by atoms with Crippen molar-refractivity contribution in [2.24, 2.45) is 0 Å². The van der Waals surface area contributed by atoms with Crippen LogP contribution in [0.1, 0.15) is 53.2 Å². The van der Waals surface area contributed by atoms with Crippen molar-refractivity contribution in [1.29, 1.82) is 0 Å². The number of hydrogen-bond donors (Lipinski definition) is 3. The van der Waals surface area contributed by atoms with Crippen LogP contribution in [0, 0.1) is 13.8 Å². The highest BCUT2D eigenvalue weighted by Gasteiger charge is 2.41. The van der Waals surface area contributed by atoms with Crippen LogP contribution in [0.5, 0.6) is 5.75 Å². The van der Waals surface area contributed by atoms with E-state index in [0.717, 1.165) is 5.56 Å². The van der Waals surface area contributed by atoms with Crippen LogP contribution in [0.2, 0.25) is 0 Å². The summed E-state index contributed by atoms with van der Waals surface area (Å²) in [6.07, 6.45) is 0.150. The van der Waals surface area contributed by atoms with E-state index in [0.29, 0.717) is 36.1 Å². The van der Waals surface area contributed by atoms with Crippen LogP contribution in [-0.2, 0) is 30.5 Å². The Morgan fingerprint density at radius 3 is 2.53 bits per heavy atom. The average Bonchev–Trinajstić information content (AvgIpc) is 3.52.